The molecule has 96 valence electrons. The van der Waals surface area contributed by atoms with E-state index < -0.39 is 15.8 Å². The van der Waals surface area contributed by atoms with E-state index in [1.54, 1.807) is 0 Å². The number of sulfone groups is 1. The van der Waals surface area contributed by atoms with Crippen LogP contribution in [0.2, 0.25) is 0 Å². The van der Waals surface area contributed by atoms with Crippen molar-refractivity contribution < 1.29 is 17.2 Å². The van der Waals surface area contributed by atoms with Crippen LogP contribution in [0.5, 0.6) is 0 Å². The van der Waals surface area contributed by atoms with Gasteiger partial charge in [0.2, 0.25) is 5.92 Å². The summed E-state index contributed by atoms with van der Waals surface area (Å²) < 4.78 is 47.7. The maximum Gasteiger partial charge on any atom is 0.248 e. The molecule has 3 nitrogen and oxygen atoms in total. The predicted octanol–water partition coefficient (Wildman–Crippen LogP) is 1.57. The van der Waals surface area contributed by atoms with E-state index >= 15 is 0 Å². The molecular weight excluding hydrogens is 236 g/mol. The first-order chi connectivity index (χ1) is 7.20. The second-order valence-electron chi connectivity index (χ2n) is 4.78. The quantitative estimate of drug-likeness (QED) is 0.829. The van der Waals surface area contributed by atoms with Crippen LogP contribution in [0.3, 0.4) is 0 Å². The highest BCUT2D eigenvalue weighted by molar-refractivity contribution is 7.90. The van der Waals surface area contributed by atoms with Crippen molar-refractivity contribution in [3.63, 3.8) is 0 Å². The van der Waals surface area contributed by atoms with Crippen LogP contribution in [0.1, 0.15) is 32.1 Å². The van der Waals surface area contributed by atoms with Crippen molar-refractivity contribution in [1.82, 2.24) is 0 Å². The van der Waals surface area contributed by atoms with Crippen molar-refractivity contribution in [3.05, 3.63) is 0 Å². The van der Waals surface area contributed by atoms with Gasteiger partial charge in [-0.3, -0.25) is 0 Å². The highest BCUT2D eigenvalue weighted by Gasteiger charge is 2.36. The standard InChI is InChI=1S/C10H19F2NO2S/c1-16(14,15)7-4-9(13)8-2-5-10(11,12)6-3-8/h8-9H,2-7,13H2,1H3. The van der Waals surface area contributed by atoms with Crippen molar-refractivity contribution in [2.75, 3.05) is 12.0 Å². The molecule has 1 unspecified atom stereocenters. The third-order valence-electron chi connectivity index (χ3n) is 3.19. The van der Waals surface area contributed by atoms with Crippen LogP contribution in [0.25, 0.3) is 0 Å². The molecular formula is C10H19F2NO2S. The Bertz CT molecular complexity index is 320. The first-order valence-electron chi connectivity index (χ1n) is 5.51. The lowest BCUT2D eigenvalue weighted by Gasteiger charge is -2.31. The molecule has 1 saturated carbocycles. The van der Waals surface area contributed by atoms with Gasteiger partial charge in [0.05, 0.1) is 5.75 Å². The van der Waals surface area contributed by atoms with Gasteiger partial charge in [-0.25, -0.2) is 17.2 Å². The largest absolute Gasteiger partial charge is 0.327 e. The minimum Gasteiger partial charge on any atom is -0.327 e. The summed E-state index contributed by atoms with van der Waals surface area (Å²) in [6.45, 7) is 0. The lowest BCUT2D eigenvalue weighted by atomic mass is 9.81. The summed E-state index contributed by atoms with van der Waals surface area (Å²) in [4.78, 5) is 0. The molecule has 0 amide bonds. The van der Waals surface area contributed by atoms with Gasteiger partial charge in [0.25, 0.3) is 0 Å². The molecule has 0 aromatic carbocycles. The highest BCUT2D eigenvalue weighted by atomic mass is 32.2. The number of hydrogen-bond donors (Lipinski definition) is 1. The smallest absolute Gasteiger partial charge is 0.248 e. The number of hydrogen-bond acceptors (Lipinski definition) is 3. The fourth-order valence-electron chi connectivity index (χ4n) is 2.08. The molecule has 0 saturated heterocycles. The molecule has 0 bridgehead atoms. The summed E-state index contributed by atoms with van der Waals surface area (Å²) in [7, 11) is -3.01. The Morgan fingerprint density at radius 3 is 2.31 bits per heavy atom. The Morgan fingerprint density at radius 2 is 1.88 bits per heavy atom. The maximum atomic E-state index is 12.9. The van der Waals surface area contributed by atoms with Gasteiger partial charge in [0, 0.05) is 25.1 Å². The zero-order chi connectivity index (χ0) is 12.4. The molecule has 1 aliphatic rings. The van der Waals surface area contributed by atoms with Crippen molar-refractivity contribution >= 4 is 9.84 Å². The summed E-state index contributed by atoms with van der Waals surface area (Å²) in [6, 6.07) is -0.272. The van der Waals surface area contributed by atoms with Gasteiger partial charge in [-0.2, -0.15) is 0 Å². The monoisotopic (exact) mass is 255 g/mol. The molecule has 0 heterocycles. The molecule has 6 heteroatoms. The van der Waals surface area contributed by atoms with Crippen molar-refractivity contribution in [3.8, 4) is 0 Å². The fraction of sp³-hybridized carbons (Fsp3) is 1.00. The molecule has 2 N–H and O–H groups in total. The third-order valence-corrected chi connectivity index (χ3v) is 4.17. The Hall–Kier alpha value is -0.230. The number of nitrogens with two attached hydrogens (primary N) is 1. The van der Waals surface area contributed by atoms with Gasteiger partial charge >= 0.3 is 0 Å². The minimum absolute atomic E-state index is 0.0427. The molecule has 1 fully saturated rings. The van der Waals surface area contributed by atoms with Crippen LogP contribution in [-0.4, -0.2) is 32.4 Å². The number of halogens is 2. The van der Waals surface area contributed by atoms with Crippen LogP contribution in [-0.2, 0) is 9.84 Å². The molecule has 0 radical (unpaired) electrons. The Kier molecular flexibility index (Phi) is 4.29. The summed E-state index contributed by atoms with van der Waals surface area (Å²) in [5, 5.41) is 0. The molecule has 1 rings (SSSR count). The van der Waals surface area contributed by atoms with Crippen molar-refractivity contribution in [2.24, 2.45) is 11.7 Å². The van der Waals surface area contributed by atoms with E-state index in [-0.39, 0.29) is 30.6 Å². The lowest BCUT2D eigenvalue weighted by Crippen LogP contribution is -2.37. The maximum absolute atomic E-state index is 12.9. The lowest BCUT2D eigenvalue weighted by molar-refractivity contribution is -0.0482. The molecule has 0 aromatic rings. The zero-order valence-corrected chi connectivity index (χ0v) is 10.3. The SMILES string of the molecule is CS(=O)(=O)CCC(N)C1CCC(F)(F)CC1. The van der Waals surface area contributed by atoms with Gasteiger partial charge in [0.1, 0.15) is 9.84 Å². The van der Waals surface area contributed by atoms with Gasteiger partial charge in [-0.15, -0.1) is 0 Å². The topological polar surface area (TPSA) is 60.2 Å². The fourth-order valence-corrected chi connectivity index (χ4v) is 2.78. The van der Waals surface area contributed by atoms with Crippen LogP contribution in [0, 0.1) is 5.92 Å². The van der Waals surface area contributed by atoms with Crippen molar-refractivity contribution in [1.29, 1.82) is 0 Å². The molecule has 0 aliphatic heterocycles. The van der Waals surface area contributed by atoms with E-state index in [1.807, 2.05) is 0 Å². The Balaban J connectivity index is 2.36. The molecule has 1 aliphatic carbocycles. The van der Waals surface area contributed by atoms with Crippen LogP contribution in [0.4, 0.5) is 8.78 Å². The first kappa shape index (κ1) is 13.8. The summed E-state index contributed by atoms with van der Waals surface area (Å²) in [5.41, 5.74) is 5.83. The molecule has 1 atom stereocenters. The summed E-state index contributed by atoms with van der Waals surface area (Å²) >= 11 is 0. The Morgan fingerprint density at radius 1 is 1.38 bits per heavy atom. The number of rotatable bonds is 4. The zero-order valence-electron chi connectivity index (χ0n) is 9.46. The van der Waals surface area contributed by atoms with Crippen LogP contribution in [0.15, 0.2) is 0 Å². The summed E-state index contributed by atoms with van der Waals surface area (Å²) in [5.74, 6) is -2.46. The van der Waals surface area contributed by atoms with E-state index in [2.05, 4.69) is 0 Å². The number of alkyl halides is 2. The Labute approximate surface area is 95.3 Å². The van der Waals surface area contributed by atoms with E-state index in [4.69, 9.17) is 5.73 Å². The van der Waals surface area contributed by atoms with Crippen LogP contribution >= 0.6 is 0 Å². The van der Waals surface area contributed by atoms with E-state index in [1.165, 1.54) is 0 Å². The molecule has 0 aromatic heterocycles. The second-order valence-corrected chi connectivity index (χ2v) is 7.04. The van der Waals surface area contributed by atoms with E-state index in [9.17, 15) is 17.2 Å². The summed E-state index contributed by atoms with van der Waals surface area (Å²) in [6.07, 6.45) is 2.09. The van der Waals surface area contributed by atoms with Gasteiger partial charge in [0.15, 0.2) is 0 Å². The van der Waals surface area contributed by atoms with Crippen molar-refractivity contribution in [2.45, 2.75) is 44.1 Å². The average Bonchev–Trinajstić information content (AvgIpc) is 2.13. The second kappa shape index (κ2) is 4.96. The molecule has 0 spiro atoms. The van der Waals surface area contributed by atoms with E-state index in [0.29, 0.717) is 19.3 Å². The van der Waals surface area contributed by atoms with Gasteiger partial charge < -0.3 is 5.73 Å². The first-order valence-corrected chi connectivity index (χ1v) is 7.57. The van der Waals surface area contributed by atoms with Gasteiger partial charge in [-0.05, 0) is 25.2 Å². The highest BCUT2D eigenvalue weighted by Crippen LogP contribution is 2.37. The molecule has 16 heavy (non-hydrogen) atoms. The third kappa shape index (κ3) is 4.74. The van der Waals surface area contributed by atoms with E-state index in [0.717, 1.165) is 6.26 Å². The average molecular weight is 255 g/mol. The predicted molar refractivity (Wildman–Crippen MR) is 59.2 cm³/mol. The minimum atomic E-state index is -3.01. The van der Waals surface area contributed by atoms with Gasteiger partial charge in [-0.1, -0.05) is 0 Å². The normalized spacial score (nSPS) is 24.2. The van der Waals surface area contributed by atoms with Crippen LogP contribution < -0.4 is 5.73 Å².